The second-order valence-corrected chi connectivity index (χ2v) is 2.32. The number of halogens is 1. The fourth-order valence-corrected chi connectivity index (χ4v) is 0.916. The molecule has 0 aliphatic rings. The number of hydrogen-bond acceptors (Lipinski definition) is 3. The monoisotopic (exact) mass is 167 g/mol. The van der Waals surface area contributed by atoms with Gasteiger partial charge in [-0.15, -0.1) is 0 Å². The molecule has 1 aromatic rings. The molecule has 0 atom stereocenters. The van der Waals surface area contributed by atoms with E-state index in [2.05, 4.69) is 9.97 Å². The van der Waals surface area contributed by atoms with Crippen molar-refractivity contribution in [2.24, 2.45) is 0 Å². The number of aryl methyl sites for hydroxylation is 1. The maximum Gasteiger partial charge on any atom is 0.159 e. The van der Waals surface area contributed by atoms with Crippen molar-refractivity contribution in [2.45, 2.75) is 13.3 Å². The van der Waals surface area contributed by atoms with Gasteiger partial charge in [0.1, 0.15) is 6.07 Å². The van der Waals surface area contributed by atoms with Crippen LogP contribution < -0.4 is 0 Å². The highest BCUT2D eigenvalue weighted by Crippen LogP contribution is 2.09. The van der Waals surface area contributed by atoms with Crippen LogP contribution in [0.25, 0.3) is 0 Å². The molecule has 56 valence electrons. The van der Waals surface area contributed by atoms with E-state index >= 15 is 0 Å². The Labute approximate surface area is 69.7 Å². The van der Waals surface area contributed by atoms with Crippen molar-refractivity contribution in [2.75, 3.05) is 0 Å². The van der Waals surface area contributed by atoms with Crippen LogP contribution in [-0.4, -0.2) is 9.97 Å². The molecular weight excluding hydrogens is 162 g/mol. The Balaban J connectivity index is 3.15. The number of rotatable bonds is 1. The topological polar surface area (TPSA) is 49.6 Å². The van der Waals surface area contributed by atoms with E-state index in [-0.39, 0.29) is 0 Å². The van der Waals surface area contributed by atoms with Gasteiger partial charge in [-0.3, -0.25) is 0 Å². The van der Waals surface area contributed by atoms with Crippen LogP contribution >= 0.6 is 11.6 Å². The third-order valence-electron chi connectivity index (χ3n) is 1.24. The number of nitriles is 1. The smallest absolute Gasteiger partial charge is 0.159 e. The van der Waals surface area contributed by atoms with E-state index < -0.39 is 0 Å². The molecule has 1 rings (SSSR count). The van der Waals surface area contributed by atoms with E-state index in [0.717, 1.165) is 0 Å². The average Bonchev–Trinajstić information content (AvgIpc) is 2.05. The van der Waals surface area contributed by atoms with Crippen LogP contribution in [0.1, 0.15) is 18.3 Å². The van der Waals surface area contributed by atoms with Gasteiger partial charge in [0.05, 0.1) is 11.9 Å². The predicted molar refractivity (Wildman–Crippen MR) is 41.1 cm³/mol. The fraction of sp³-hybridized carbons (Fsp3) is 0.286. The molecule has 0 fully saturated rings. The van der Waals surface area contributed by atoms with Gasteiger partial charge in [0.15, 0.2) is 10.8 Å². The van der Waals surface area contributed by atoms with E-state index in [1.54, 1.807) is 0 Å². The molecule has 0 radical (unpaired) electrons. The first kappa shape index (κ1) is 7.96. The molecule has 11 heavy (non-hydrogen) atoms. The average molecular weight is 168 g/mol. The van der Waals surface area contributed by atoms with E-state index in [1.807, 2.05) is 13.0 Å². The van der Waals surface area contributed by atoms with Crippen molar-refractivity contribution in [3.63, 3.8) is 0 Å². The van der Waals surface area contributed by atoms with Crippen LogP contribution in [0.15, 0.2) is 6.20 Å². The van der Waals surface area contributed by atoms with E-state index in [9.17, 15) is 0 Å². The van der Waals surface area contributed by atoms with Gasteiger partial charge in [-0.2, -0.15) is 5.26 Å². The van der Waals surface area contributed by atoms with Crippen molar-refractivity contribution in [3.8, 4) is 6.07 Å². The Morgan fingerprint density at radius 2 is 2.45 bits per heavy atom. The van der Waals surface area contributed by atoms with E-state index in [4.69, 9.17) is 16.9 Å². The molecule has 0 saturated carbocycles. The van der Waals surface area contributed by atoms with E-state index in [0.29, 0.717) is 23.0 Å². The zero-order chi connectivity index (χ0) is 8.27. The summed E-state index contributed by atoms with van der Waals surface area (Å²) in [5.41, 5.74) is 0.983. The highest BCUT2D eigenvalue weighted by atomic mass is 35.5. The molecule has 0 aliphatic carbocycles. The summed E-state index contributed by atoms with van der Waals surface area (Å²) in [6.45, 7) is 1.91. The Bertz CT molecular complexity index is 303. The van der Waals surface area contributed by atoms with Gasteiger partial charge in [-0.1, -0.05) is 18.5 Å². The predicted octanol–water partition coefficient (Wildman–Crippen LogP) is 1.56. The van der Waals surface area contributed by atoms with Crippen LogP contribution in [0.4, 0.5) is 0 Å². The van der Waals surface area contributed by atoms with Crippen molar-refractivity contribution in [3.05, 3.63) is 22.7 Å². The highest BCUT2D eigenvalue weighted by Gasteiger charge is 2.01. The first-order valence-corrected chi connectivity index (χ1v) is 3.57. The maximum atomic E-state index is 8.45. The van der Waals surface area contributed by atoms with Crippen molar-refractivity contribution >= 4 is 11.6 Å². The molecule has 0 amide bonds. The normalized spacial score (nSPS) is 9.18. The standard InChI is InChI=1S/C7H6ClN3/c1-2-6-7(8)10-4-5(3-9)11-6/h4H,2H2,1H3. The Kier molecular flexibility index (Phi) is 2.40. The maximum absolute atomic E-state index is 8.45. The third kappa shape index (κ3) is 1.66. The Morgan fingerprint density at radius 1 is 1.73 bits per heavy atom. The zero-order valence-electron chi connectivity index (χ0n) is 6.00. The molecule has 0 saturated heterocycles. The van der Waals surface area contributed by atoms with Gasteiger partial charge in [-0.05, 0) is 6.42 Å². The Hall–Kier alpha value is -1.14. The number of hydrogen-bond donors (Lipinski definition) is 0. The van der Waals surface area contributed by atoms with Crippen LogP contribution in [-0.2, 0) is 6.42 Å². The largest absolute Gasteiger partial charge is 0.240 e. The minimum atomic E-state index is 0.311. The van der Waals surface area contributed by atoms with Crippen LogP contribution in [0.5, 0.6) is 0 Å². The summed E-state index contributed by atoms with van der Waals surface area (Å²) >= 11 is 5.67. The molecule has 4 heteroatoms. The summed E-state index contributed by atoms with van der Waals surface area (Å²) in [4.78, 5) is 7.75. The van der Waals surface area contributed by atoms with Gasteiger partial charge < -0.3 is 0 Å². The Morgan fingerprint density at radius 3 is 3.00 bits per heavy atom. The molecular formula is C7H6ClN3. The van der Waals surface area contributed by atoms with Crippen LogP contribution in [0, 0.1) is 11.3 Å². The van der Waals surface area contributed by atoms with Crippen molar-refractivity contribution in [1.82, 2.24) is 9.97 Å². The van der Waals surface area contributed by atoms with E-state index in [1.165, 1.54) is 6.20 Å². The van der Waals surface area contributed by atoms with Crippen molar-refractivity contribution in [1.29, 1.82) is 5.26 Å². The molecule has 1 heterocycles. The second-order valence-electron chi connectivity index (χ2n) is 1.96. The minimum absolute atomic E-state index is 0.311. The molecule has 0 spiro atoms. The summed E-state index contributed by atoms with van der Waals surface area (Å²) in [7, 11) is 0. The quantitative estimate of drug-likeness (QED) is 0.638. The van der Waals surface area contributed by atoms with Gasteiger partial charge in [-0.25, -0.2) is 9.97 Å². The van der Waals surface area contributed by atoms with Gasteiger partial charge >= 0.3 is 0 Å². The summed E-state index contributed by atoms with van der Waals surface area (Å²) in [5.74, 6) is 0. The van der Waals surface area contributed by atoms with Gasteiger partial charge in [0.2, 0.25) is 0 Å². The second kappa shape index (κ2) is 3.31. The zero-order valence-corrected chi connectivity index (χ0v) is 6.76. The molecule has 1 aromatic heterocycles. The van der Waals surface area contributed by atoms with Crippen molar-refractivity contribution < 1.29 is 0 Å². The van der Waals surface area contributed by atoms with Gasteiger partial charge in [0.25, 0.3) is 0 Å². The minimum Gasteiger partial charge on any atom is -0.240 e. The molecule has 0 N–H and O–H groups in total. The molecule has 0 aromatic carbocycles. The molecule has 3 nitrogen and oxygen atoms in total. The first-order valence-electron chi connectivity index (χ1n) is 3.19. The first-order chi connectivity index (χ1) is 5.27. The summed E-state index contributed by atoms with van der Waals surface area (Å²) in [6, 6.07) is 1.90. The van der Waals surface area contributed by atoms with Gasteiger partial charge in [0, 0.05) is 0 Å². The summed E-state index contributed by atoms with van der Waals surface area (Å²) in [6.07, 6.45) is 2.06. The lowest BCUT2D eigenvalue weighted by atomic mass is 10.3. The SMILES string of the molecule is CCc1nc(C#N)cnc1Cl. The number of aromatic nitrogens is 2. The van der Waals surface area contributed by atoms with Crippen LogP contribution in [0.2, 0.25) is 5.15 Å². The molecule has 0 unspecified atom stereocenters. The third-order valence-corrected chi connectivity index (χ3v) is 1.56. The summed E-state index contributed by atoms with van der Waals surface area (Å²) < 4.78 is 0. The molecule has 0 bridgehead atoms. The molecule has 0 aliphatic heterocycles. The van der Waals surface area contributed by atoms with Crippen LogP contribution in [0.3, 0.4) is 0 Å². The highest BCUT2D eigenvalue weighted by molar-refractivity contribution is 6.29. The lowest BCUT2D eigenvalue weighted by Gasteiger charge is -1.96. The lowest BCUT2D eigenvalue weighted by molar-refractivity contribution is 0.987. The lowest BCUT2D eigenvalue weighted by Crippen LogP contribution is -1.94. The number of nitrogens with zero attached hydrogens (tertiary/aromatic N) is 3. The summed E-state index contributed by atoms with van der Waals surface area (Å²) in [5, 5.41) is 8.83. The fourth-order valence-electron chi connectivity index (χ4n) is 0.692.